The molecule has 0 spiro atoms. The van der Waals surface area contributed by atoms with Crippen molar-refractivity contribution in [2.75, 3.05) is 36.5 Å². The molecule has 2 heterocycles. The van der Waals surface area contributed by atoms with Gasteiger partial charge in [0.05, 0.1) is 16.3 Å². The van der Waals surface area contributed by atoms with Crippen molar-refractivity contribution in [1.29, 1.82) is 0 Å². The second-order valence-electron chi connectivity index (χ2n) is 8.12. The van der Waals surface area contributed by atoms with Crippen LogP contribution >= 0.6 is 11.3 Å². The average Bonchev–Trinajstić information content (AvgIpc) is 3.34. The Labute approximate surface area is 214 Å². The number of amides is 2. The molecule has 0 radical (unpaired) electrons. The first-order chi connectivity index (χ1) is 17.3. The fourth-order valence-electron chi connectivity index (χ4n) is 3.95. The number of carbonyl (C=O) groups is 2. The lowest BCUT2D eigenvalue weighted by atomic mass is 10.1. The molecule has 0 unspecified atom stereocenters. The number of sulfonamides is 1. The van der Waals surface area contributed by atoms with E-state index in [2.05, 4.69) is 10.3 Å². The predicted octanol–water partition coefficient (Wildman–Crippen LogP) is 4.23. The minimum atomic E-state index is -3.59. The summed E-state index contributed by atoms with van der Waals surface area (Å²) in [5, 5.41) is 5.00. The van der Waals surface area contributed by atoms with Gasteiger partial charge in [0.1, 0.15) is 5.75 Å². The largest absolute Gasteiger partial charge is 0.482 e. The fourth-order valence-corrected chi connectivity index (χ4v) is 6.13. The van der Waals surface area contributed by atoms with Gasteiger partial charge in [0.25, 0.3) is 11.8 Å². The maximum atomic E-state index is 12.7. The van der Waals surface area contributed by atoms with E-state index < -0.39 is 10.0 Å². The van der Waals surface area contributed by atoms with Crippen LogP contribution < -0.4 is 15.0 Å². The second kappa shape index (κ2) is 10.8. The maximum Gasteiger partial charge on any atom is 0.265 e. The SMILES string of the molecule is CCCN1C(=O)COc2ccc(-c3csc(NC(=O)c4ccc(S(=O)(=O)N(CC)CC)cc4)n3)cc21. The van der Waals surface area contributed by atoms with E-state index in [9.17, 15) is 18.0 Å². The minimum Gasteiger partial charge on any atom is -0.482 e. The molecule has 9 nitrogen and oxygen atoms in total. The van der Waals surface area contributed by atoms with Gasteiger partial charge in [-0.25, -0.2) is 13.4 Å². The molecule has 1 N–H and O–H groups in total. The van der Waals surface area contributed by atoms with Gasteiger partial charge in [0, 0.05) is 36.1 Å². The van der Waals surface area contributed by atoms with E-state index >= 15 is 0 Å². The van der Waals surface area contributed by atoms with E-state index in [0.29, 0.717) is 47.5 Å². The molecule has 3 aromatic rings. The Balaban J connectivity index is 1.49. The highest BCUT2D eigenvalue weighted by atomic mass is 32.2. The summed E-state index contributed by atoms with van der Waals surface area (Å²) in [5.74, 6) is 0.187. The van der Waals surface area contributed by atoms with Gasteiger partial charge in [-0.15, -0.1) is 11.3 Å². The number of hydrogen-bond acceptors (Lipinski definition) is 7. The number of nitrogens with zero attached hydrogens (tertiary/aromatic N) is 3. The molecule has 0 saturated heterocycles. The van der Waals surface area contributed by atoms with Crippen molar-refractivity contribution in [3.63, 3.8) is 0 Å². The van der Waals surface area contributed by atoms with Gasteiger partial charge in [0.15, 0.2) is 11.7 Å². The number of hydrogen-bond donors (Lipinski definition) is 1. The summed E-state index contributed by atoms with van der Waals surface area (Å²) in [4.78, 5) is 31.4. The zero-order valence-electron chi connectivity index (χ0n) is 20.4. The smallest absolute Gasteiger partial charge is 0.265 e. The van der Waals surface area contributed by atoms with Gasteiger partial charge in [-0.05, 0) is 48.9 Å². The number of carbonyl (C=O) groups excluding carboxylic acids is 2. The van der Waals surface area contributed by atoms with Crippen molar-refractivity contribution in [1.82, 2.24) is 9.29 Å². The molecule has 190 valence electrons. The molecular weight excluding hydrogens is 500 g/mol. The standard InChI is InChI=1S/C25H28N4O5S2/c1-4-13-29-21-14-18(9-12-22(21)34-15-23(29)30)20-16-35-25(26-20)27-24(31)17-7-10-19(11-8-17)36(32,33)28(5-2)6-3/h7-12,14,16H,4-6,13,15H2,1-3H3,(H,26,27,31). The lowest BCUT2D eigenvalue weighted by Gasteiger charge is -2.29. The first-order valence-electron chi connectivity index (χ1n) is 11.7. The van der Waals surface area contributed by atoms with Crippen LogP contribution in [0.5, 0.6) is 5.75 Å². The molecule has 4 rings (SSSR count). The van der Waals surface area contributed by atoms with Crippen molar-refractivity contribution in [2.45, 2.75) is 32.1 Å². The maximum absolute atomic E-state index is 12.7. The summed E-state index contributed by atoms with van der Waals surface area (Å²) in [6.07, 6.45) is 0.824. The van der Waals surface area contributed by atoms with Crippen LogP contribution in [0.4, 0.5) is 10.8 Å². The Morgan fingerprint density at radius 3 is 2.53 bits per heavy atom. The van der Waals surface area contributed by atoms with Crippen LogP contribution in [0.15, 0.2) is 52.7 Å². The van der Waals surface area contributed by atoms with Gasteiger partial charge in [-0.1, -0.05) is 20.8 Å². The summed E-state index contributed by atoms with van der Waals surface area (Å²) in [6.45, 7) is 6.95. The molecule has 0 aliphatic carbocycles. The monoisotopic (exact) mass is 528 g/mol. The quantitative estimate of drug-likeness (QED) is 0.445. The highest BCUT2D eigenvalue weighted by molar-refractivity contribution is 7.89. The Kier molecular flexibility index (Phi) is 7.72. The molecule has 36 heavy (non-hydrogen) atoms. The number of thiazole rings is 1. The van der Waals surface area contributed by atoms with Crippen LogP contribution in [0.3, 0.4) is 0 Å². The second-order valence-corrected chi connectivity index (χ2v) is 10.9. The van der Waals surface area contributed by atoms with E-state index in [4.69, 9.17) is 4.74 Å². The number of ether oxygens (including phenoxy) is 1. The Hall–Kier alpha value is -3.28. The third-order valence-corrected chi connectivity index (χ3v) is 8.65. The van der Waals surface area contributed by atoms with Crippen molar-refractivity contribution >= 4 is 44.0 Å². The fraction of sp³-hybridized carbons (Fsp3) is 0.320. The third kappa shape index (κ3) is 5.13. The van der Waals surface area contributed by atoms with Gasteiger partial charge < -0.3 is 9.64 Å². The van der Waals surface area contributed by atoms with Crippen LogP contribution in [0, 0.1) is 0 Å². The first kappa shape index (κ1) is 25.8. The topological polar surface area (TPSA) is 109 Å². The van der Waals surface area contributed by atoms with Crippen LogP contribution in [0.1, 0.15) is 37.6 Å². The number of benzene rings is 2. The molecule has 1 aliphatic heterocycles. The predicted molar refractivity (Wildman–Crippen MR) is 140 cm³/mol. The molecule has 11 heteroatoms. The zero-order valence-corrected chi connectivity index (χ0v) is 22.0. The van der Waals surface area contributed by atoms with Crippen molar-refractivity contribution in [2.24, 2.45) is 0 Å². The van der Waals surface area contributed by atoms with E-state index in [1.807, 2.05) is 30.5 Å². The number of anilines is 2. The summed E-state index contributed by atoms with van der Waals surface area (Å²) in [6, 6.07) is 11.4. The van der Waals surface area contributed by atoms with E-state index in [0.717, 1.165) is 12.0 Å². The van der Waals surface area contributed by atoms with Crippen molar-refractivity contribution in [3.05, 3.63) is 53.4 Å². The first-order valence-corrected chi connectivity index (χ1v) is 14.0. The molecular formula is C25H28N4O5S2. The Morgan fingerprint density at radius 2 is 1.86 bits per heavy atom. The normalized spacial score (nSPS) is 13.4. The molecule has 2 aromatic carbocycles. The average molecular weight is 529 g/mol. The number of nitrogens with one attached hydrogen (secondary N) is 1. The summed E-state index contributed by atoms with van der Waals surface area (Å²) in [7, 11) is -3.59. The molecule has 1 aliphatic rings. The Morgan fingerprint density at radius 1 is 1.14 bits per heavy atom. The number of aromatic nitrogens is 1. The van der Waals surface area contributed by atoms with Gasteiger partial charge in [0.2, 0.25) is 10.0 Å². The van der Waals surface area contributed by atoms with Crippen molar-refractivity contribution in [3.8, 4) is 17.0 Å². The van der Waals surface area contributed by atoms with E-state index in [1.165, 1.54) is 39.9 Å². The summed E-state index contributed by atoms with van der Waals surface area (Å²) < 4.78 is 32.2. The molecule has 1 aromatic heterocycles. The van der Waals surface area contributed by atoms with Crippen LogP contribution in [-0.4, -0.2) is 55.8 Å². The molecule has 0 bridgehead atoms. The number of rotatable bonds is 9. The molecule has 0 fully saturated rings. The van der Waals surface area contributed by atoms with Gasteiger partial charge in [-0.2, -0.15) is 4.31 Å². The van der Waals surface area contributed by atoms with E-state index in [-0.39, 0.29) is 23.3 Å². The van der Waals surface area contributed by atoms with Crippen LogP contribution in [0.2, 0.25) is 0 Å². The number of fused-ring (bicyclic) bond motifs is 1. The summed E-state index contributed by atoms with van der Waals surface area (Å²) in [5.41, 5.74) is 2.50. The minimum absolute atomic E-state index is 0.0294. The lowest BCUT2D eigenvalue weighted by Crippen LogP contribution is -2.39. The third-order valence-electron chi connectivity index (χ3n) is 5.83. The van der Waals surface area contributed by atoms with E-state index in [1.54, 1.807) is 18.7 Å². The summed E-state index contributed by atoms with van der Waals surface area (Å²) >= 11 is 1.28. The zero-order chi connectivity index (χ0) is 25.9. The Bertz CT molecular complexity index is 1370. The highest BCUT2D eigenvalue weighted by Gasteiger charge is 2.26. The van der Waals surface area contributed by atoms with Gasteiger partial charge >= 0.3 is 0 Å². The lowest BCUT2D eigenvalue weighted by molar-refractivity contribution is -0.121. The van der Waals surface area contributed by atoms with Crippen molar-refractivity contribution < 1.29 is 22.7 Å². The molecule has 2 amide bonds. The van der Waals surface area contributed by atoms with Crippen LogP contribution in [0.25, 0.3) is 11.3 Å². The highest BCUT2D eigenvalue weighted by Crippen LogP contribution is 2.37. The molecule has 0 atom stereocenters. The van der Waals surface area contributed by atoms with Crippen LogP contribution in [-0.2, 0) is 14.8 Å². The van der Waals surface area contributed by atoms with Gasteiger partial charge in [-0.3, -0.25) is 14.9 Å². The molecule has 0 saturated carbocycles.